The number of benzene rings is 1. The van der Waals surface area contributed by atoms with Gasteiger partial charge in [0.25, 0.3) is 0 Å². The third-order valence-corrected chi connectivity index (χ3v) is 4.27. The van der Waals surface area contributed by atoms with E-state index in [9.17, 15) is 5.11 Å². The summed E-state index contributed by atoms with van der Waals surface area (Å²) >= 11 is 1.80. The van der Waals surface area contributed by atoms with Gasteiger partial charge in [-0.1, -0.05) is 18.9 Å². The molecule has 0 heterocycles. The lowest BCUT2D eigenvalue weighted by Gasteiger charge is -2.27. The maximum absolute atomic E-state index is 9.36. The van der Waals surface area contributed by atoms with E-state index in [1.165, 1.54) is 19.3 Å². The molecule has 15 heavy (non-hydrogen) atoms. The zero-order chi connectivity index (χ0) is 10.7. The first-order valence-corrected chi connectivity index (χ1v) is 6.35. The molecule has 3 N–H and O–H groups in total. The lowest BCUT2D eigenvalue weighted by atomic mass is 9.96. The molecule has 2 nitrogen and oxygen atoms in total. The maximum Gasteiger partial charge on any atom is 0.116 e. The second-order valence-electron chi connectivity index (χ2n) is 4.10. The van der Waals surface area contributed by atoms with Gasteiger partial charge in [-0.25, -0.2) is 0 Å². The van der Waals surface area contributed by atoms with Crippen molar-refractivity contribution in [3.63, 3.8) is 0 Å². The molecule has 2 atom stereocenters. The predicted molar refractivity (Wildman–Crippen MR) is 64.2 cm³/mol. The summed E-state index contributed by atoms with van der Waals surface area (Å²) in [5, 5.41) is 9.88. The normalized spacial score (nSPS) is 26.5. The van der Waals surface area contributed by atoms with Crippen LogP contribution in [0.4, 0.5) is 0 Å². The largest absolute Gasteiger partial charge is 0.508 e. The van der Waals surface area contributed by atoms with Crippen molar-refractivity contribution in [2.75, 3.05) is 0 Å². The van der Waals surface area contributed by atoms with Crippen molar-refractivity contribution in [3.05, 3.63) is 24.3 Å². The highest BCUT2D eigenvalue weighted by molar-refractivity contribution is 8.00. The van der Waals surface area contributed by atoms with Gasteiger partial charge in [-0.2, -0.15) is 0 Å². The SMILES string of the molecule is NC1CCCCC1Sc1cccc(O)c1. The molecule has 0 saturated heterocycles. The van der Waals surface area contributed by atoms with E-state index in [0.717, 1.165) is 11.3 Å². The first-order valence-electron chi connectivity index (χ1n) is 5.47. The Morgan fingerprint density at radius 1 is 1.27 bits per heavy atom. The van der Waals surface area contributed by atoms with E-state index < -0.39 is 0 Å². The van der Waals surface area contributed by atoms with Crippen molar-refractivity contribution in [2.45, 2.75) is 41.9 Å². The number of hydrogen-bond donors (Lipinski definition) is 2. The van der Waals surface area contributed by atoms with Gasteiger partial charge in [0.05, 0.1) is 0 Å². The zero-order valence-corrected chi connectivity index (χ0v) is 9.54. The average Bonchev–Trinajstić information content (AvgIpc) is 2.22. The van der Waals surface area contributed by atoms with E-state index in [2.05, 4.69) is 0 Å². The Morgan fingerprint density at radius 2 is 2.07 bits per heavy atom. The number of nitrogens with two attached hydrogens (primary N) is 1. The Bertz CT molecular complexity index is 329. The van der Waals surface area contributed by atoms with Gasteiger partial charge < -0.3 is 10.8 Å². The molecule has 0 spiro atoms. The minimum Gasteiger partial charge on any atom is -0.508 e. The maximum atomic E-state index is 9.36. The van der Waals surface area contributed by atoms with Gasteiger partial charge >= 0.3 is 0 Å². The van der Waals surface area contributed by atoms with Crippen molar-refractivity contribution >= 4 is 11.8 Å². The number of thioether (sulfide) groups is 1. The molecule has 1 aliphatic carbocycles. The molecule has 2 unspecified atom stereocenters. The zero-order valence-electron chi connectivity index (χ0n) is 8.73. The first kappa shape index (κ1) is 10.8. The third kappa shape index (κ3) is 2.89. The quantitative estimate of drug-likeness (QED) is 0.810. The summed E-state index contributed by atoms with van der Waals surface area (Å²) in [6, 6.07) is 7.74. The van der Waals surface area contributed by atoms with E-state index in [1.807, 2.05) is 18.2 Å². The van der Waals surface area contributed by atoms with Crippen molar-refractivity contribution < 1.29 is 5.11 Å². The molecule has 1 aromatic carbocycles. The van der Waals surface area contributed by atoms with Crippen LogP contribution in [0, 0.1) is 0 Å². The highest BCUT2D eigenvalue weighted by atomic mass is 32.2. The van der Waals surface area contributed by atoms with Crippen molar-refractivity contribution in [2.24, 2.45) is 5.73 Å². The number of hydrogen-bond acceptors (Lipinski definition) is 3. The summed E-state index contributed by atoms with van der Waals surface area (Å²) in [6.07, 6.45) is 4.88. The Hall–Kier alpha value is -0.670. The van der Waals surface area contributed by atoms with Crippen LogP contribution in [0.1, 0.15) is 25.7 Å². The van der Waals surface area contributed by atoms with Gasteiger partial charge in [0.15, 0.2) is 0 Å². The van der Waals surface area contributed by atoms with Crippen LogP contribution in [0.15, 0.2) is 29.2 Å². The van der Waals surface area contributed by atoms with Crippen molar-refractivity contribution in [1.29, 1.82) is 0 Å². The van der Waals surface area contributed by atoms with E-state index in [0.29, 0.717) is 17.0 Å². The number of phenols is 1. The molecule has 0 bridgehead atoms. The third-order valence-electron chi connectivity index (χ3n) is 2.86. The molecule has 1 fully saturated rings. The number of rotatable bonds is 2. The minimum atomic E-state index is 0.311. The van der Waals surface area contributed by atoms with E-state index in [-0.39, 0.29) is 0 Å². The average molecular weight is 223 g/mol. The lowest BCUT2D eigenvalue weighted by Crippen LogP contribution is -2.35. The molecule has 1 aromatic rings. The summed E-state index contributed by atoms with van der Waals surface area (Å²) in [4.78, 5) is 1.12. The fraction of sp³-hybridized carbons (Fsp3) is 0.500. The Labute approximate surface area is 94.9 Å². The van der Waals surface area contributed by atoms with Crippen LogP contribution in [0.2, 0.25) is 0 Å². The molecule has 3 heteroatoms. The van der Waals surface area contributed by atoms with E-state index >= 15 is 0 Å². The first-order chi connectivity index (χ1) is 7.25. The van der Waals surface area contributed by atoms with E-state index in [4.69, 9.17) is 5.73 Å². The van der Waals surface area contributed by atoms with Crippen molar-refractivity contribution in [3.8, 4) is 5.75 Å². The lowest BCUT2D eigenvalue weighted by molar-refractivity contribution is 0.453. The summed E-state index contributed by atoms with van der Waals surface area (Å²) in [5.41, 5.74) is 6.08. The van der Waals surface area contributed by atoms with Crippen LogP contribution in [0.25, 0.3) is 0 Å². The predicted octanol–water partition coefficient (Wildman–Crippen LogP) is 2.75. The van der Waals surface area contributed by atoms with Crippen LogP contribution in [-0.4, -0.2) is 16.4 Å². The van der Waals surface area contributed by atoms with Crippen LogP contribution in [0.5, 0.6) is 5.75 Å². The summed E-state index contributed by atoms with van der Waals surface area (Å²) in [6.45, 7) is 0. The Kier molecular flexibility index (Phi) is 3.54. The molecule has 1 aliphatic rings. The highest BCUT2D eigenvalue weighted by Crippen LogP contribution is 2.34. The molecule has 82 valence electrons. The molecule has 2 rings (SSSR count). The summed E-state index contributed by atoms with van der Waals surface area (Å²) in [7, 11) is 0. The number of phenolic OH excluding ortho intramolecular Hbond substituents is 1. The van der Waals surface area contributed by atoms with Gasteiger partial charge in [0.2, 0.25) is 0 Å². The fourth-order valence-corrected chi connectivity index (χ4v) is 3.29. The topological polar surface area (TPSA) is 46.2 Å². The Balaban J connectivity index is 2.01. The van der Waals surface area contributed by atoms with Crippen LogP contribution in [0.3, 0.4) is 0 Å². The molecule has 0 aromatic heterocycles. The van der Waals surface area contributed by atoms with E-state index in [1.54, 1.807) is 17.8 Å². The second kappa shape index (κ2) is 4.90. The minimum absolute atomic E-state index is 0.311. The van der Waals surface area contributed by atoms with Crippen LogP contribution >= 0.6 is 11.8 Å². The Morgan fingerprint density at radius 3 is 2.80 bits per heavy atom. The van der Waals surface area contributed by atoms with Crippen molar-refractivity contribution in [1.82, 2.24) is 0 Å². The van der Waals surface area contributed by atoms with Gasteiger partial charge in [-0.15, -0.1) is 11.8 Å². The highest BCUT2D eigenvalue weighted by Gasteiger charge is 2.22. The van der Waals surface area contributed by atoms with Gasteiger partial charge in [0, 0.05) is 16.2 Å². The standard InChI is InChI=1S/C12H17NOS/c13-11-6-1-2-7-12(11)15-10-5-3-4-9(14)8-10/h3-5,8,11-12,14H,1-2,6-7,13H2. The summed E-state index contributed by atoms with van der Waals surface area (Å²) < 4.78 is 0. The fourth-order valence-electron chi connectivity index (χ4n) is 2.00. The van der Waals surface area contributed by atoms with Gasteiger partial charge in [-0.05, 0) is 31.0 Å². The number of aromatic hydroxyl groups is 1. The molecule has 1 saturated carbocycles. The van der Waals surface area contributed by atoms with Crippen LogP contribution in [-0.2, 0) is 0 Å². The van der Waals surface area contributed by atoms with Gasteiger partial charge in [0.1, 0.15) is 5.75 Å². The molecular formula is C12H17NOS. The molecule has 0 radical (unpaired) electrons. The smallest absolute Gasteiger partial charge is 0.116 e. The molecule has 0 amide bonds. The van der Waals surface area contributed by atoms with Crippen LogP contribution < -0.4 is 5.73 Å². The molecule has 0 aliphatic heterocycles. The monoisotopic (exact) mass is 223 g/mol. The van der Waals surface area contributed by atoms with Gasteiger partial charge in [-0.3, -0.25) is 0 Å². The summed E-state index contributed by atoms with van der Waals surface area (Å²) in [5.74, 6) is 0.337. The molecular weight excluding hydrogens is 206 g/mol. The second-order valence-corrected chi connectivity index (χ2v) is 5.41.